The van der Waals surface area contributed by atoms with Gasteiger partial charge in [-0.3, -0.25) is 0 Å². The molecule has 2 nitrogen and oxygen atoms in total. The SMILES string of the molecule is Cc1cc(N)c(C#N)cc1SC(C)C. The molecule has 0 amide bonds. The van der Waals surface area contributed by atoms with Crippen LogP contribution in [-0.4, -0.2) is 5.25 Å². The smallest absolute Gasteiger partial charge is 0.101 e. The second kappa shape index (κ2) is 4.39. The maximum Gasteiger partial charge on any atom is 0.101 e. The zero-order chi connectivity index (χ0) is 10.7. The fourth-order valence-corrected chi connectivity index (χ4v) is 2.13. The summed E-state index contributed by atoms with van der Waals surface area (Å²) in [4.78, 5) is 1.14. The Balaban J connectivity index is 3.12. The van der Waals surface area contributed by atoms with Gasteiger partial charge >= 0.3 is 0 Å². The first kappa shape index (κ1) is 10.9. The lowest BCUT2D eigenvalue weighted by Gasteiger charge is -2.09. The largest absolute Gasteiger partial charge is 0.398 e. The Morgan fingerprint density at radius 3 is 2.57 bits per heavy atom. The highest BCUT2D eigenvalue weighted by atomic mass is 32.2. The number of hydrogen-bond acceptors (Lipinski definition) is 3. The van der Waals surface area contributed by atoms with E-state index in [2.05, 4.69) is 19.9 Å². The van der Waals surface area contributed by atoms with Gasteiger partial charge in [0.05, 0.1) is 5.56 Å². The van der Waals surface area contributed by atoms with Gasteiger partial charge in [0.15, 0.2) is 0 Å². The minimum atomic E-state index is 0.517. The third-order valence-corrected chi connectivity index (χ3v) is 3.00. The van der Waals surface area contributed by atoms with Gasteiger partial charge in [-0.2, -0.15) is 5.26 Å². The molecular formula is C11H14N2S. The molecule has 1 aromatic carbocycles. The predicted molar refractivity (Wildman–Crippen MR) is 61.3 cm³/mol. The summed E-state index contributed by atoms with van der Waals surface area (Å²) < 4.78 is 0. The van der Waals surface area contributed by atoms with E-state index in [1.807, 2.05) is 19.1 Å². The van der Waals surface area contributed by atoms with E-state index >= 15 is 0 Å². The van der Waals surface area contributed by atoms with Gasteiger partial charge in [-0.15, -0.1) is 11.8 Å². The van der Waals surface area contributed by atoms with E-state index in [0.29, 0.717) is 16.5 Å². The Hall–Kier alpha value is -1.14. The van der Waals surface area contributed by atoms with Crippen molar-refractivity contribution in [2.45, 2.75) is 30.9 Å². The van der Waals surface area contributed by atoms with Crippen LogP contribution in [0, 0.1) is 18.3 Å². The van der Waals surface area contributed by atoms with E-state index < -0.39 is 0 Å². The normalized spacial score (nSPS) is 10.2. The van der Waals surface area contributed by atoms with Crippen molar-refractivity contribution in [1.82, 2.24) is 0 Å². The van der Waals surface area contributed by atoms with Crippen LogP contribution in [0.25, 0.3) is 0 Å². The van der Waals surface area contributed by atoms with Crippen molar-refractivity contribution in [3.63, 3.8) is 0 Å². The van der Waals surface area contributed by atoms with Gasteiger partial charge in [-0.05, 0) is 24.6 Å². The predicted octanol–water partition coefficient (Wildman–Crippen LogP) is 2.95. The molecule has 0 unspecified atom stereocenters. The molecule has 0 saturated carbocycles. The molecule has 0 aliphatic rings. The molecule has 0 aliphatic heterocycles. The number of hydrogen-bond donors (Lipinski definition) is 1. The van der Waals surface area contributed by atoms with Crippen molar-refractivity contribution >= 4 is 17.4 Å². The molecule has 2 N–H and O–H groups in total. The highest BCUT2D eigenvalue weighted by Crippen LogP contribution is 2.29. The first-order chi connectivity index (χ1) is 6.54. The molecule has 0 aromatic heterocycles. The van der Waals surface area contributed by atoms with Crippen molar-refractivity contribution in [1.29, 1.82) is 5.26 Å². The maximum absolute atomic E-state index is 8.83. The standard InChI is InChI=1S/C11H14N2S/c1-7(2)14-11-5-9(6-12)10(13)4-8(11)3/h4-5,7H,13H2,1-3H3. The number of benzene rings is 1. The van der Waals surface area contributed by atoms with E-state index in [9.17, 15) is 0 Å². The first-order valence-electron chi connectivity index (χ1n) is 4.51. The Labute approximate surface area is 89.1 Å². The number of rotatable bonds is 2. The molecule has 1 aromatic rings. The molecule has 0 spiro atoms. The summed E-state index contributed by atoms with van der Waals surface area (Å²) in [6, 6.07) is 5.83. The number of aryl methyl sites for hydroxylation is 1. The Kier molecular flexibility index (Phi) is 3.43. The van der Waals surface area contributed by atoms with E-state index in [-0.39, 0.29) is 0 Å². The Bertz CT molecular complexity index is 378. The molecule has 14 heavy (non-hydrogen) atoms. The Morgan fingerprint density at radius 1 is 1.43 bits per heavy atom. The molecule has 0 radical (unpaired) electrons. The third-order valence-electron chi connectivity index (χ3n) is 1.83. The average Bonchev–Trinajstić information content (AvgIpc) is 2.09. The Morgan fingerprint density at radius 2 is 2.07 bits per heavy atom. The van der Waals surface area contributed by atoms with E-state index in [4.69, 9.17) is 11.0 Å². The van der Waals surface area contributed by atoms with Gasteiger partial charge in [-0.25, -0.2) is 0 Å². The lowest BCUT2D eigenvalue weighted by Crippen LogP contribution is -1.95. The molecule has 3 heteroatoms. The van der Waals surface area contributed by atoms with Crippen LogP contribution in [0.15, 0.2) is 17.0 Å². The fourth-order valence-electron chi connectivity index (χ4n) is 1.19. The van der Waals surface area contributed by atoms with Gasteiger partial charge < -0.3 is 5.73 Å². The van der Waals surface area contributed by atoms with Crippen molar-refractivity contribution in [2.75, 3.05) is 5.73 Å². The summed E-state index contributed by atoms with van der Waals surface area (Å²) >= 11 is 1.76. The van der Waals surface area contributed by atoms with E-state index in [1.165, 1.54) is 0 Å². The highest BCUT2D eigenvalue weighted by Gasteiger charge is 2.06. The molecule has 1 rings (SSSR count). The molecule has 0 saturated heterocycles. The van der Waals surface area contributed by atoms with E-state index in [0.717, 1.165) is 10.5 Å². The first-order valence-corrected chi connectivity index (χ1v) is 5.39. The quantitative estimate of drug-likeness (QED) is 0.598. The van der Waals surface area contributed by atoms with E-state index in [1.54, 1.807) is 11.8 Å². The van der Waals surface area contributed by atoms with Crippen LogP contribution >= 0.6 is 11.8 Å². The molecule has 0 fully saturated rings. The van der Waals surface area contributed by atoms with Crippen LogP contribution in [0.2, 0.25) is 0 Å². The van der Waals surface area contributed by atoms with Crippen molar-refractivity contribution in [2.24, 2.45) is 0 Å². The van der Waals surface area contributed by atoms with Crippen LogP contribution < -0.4 is 5.73 Å². The topological polar surface area (TPSA) is 49.8 Å². The number of thioether (sulfide) groups is 1. The summed E-state index contributed by atoms with van der Waals surface area (Å²) in [5.74, 6) is 0. The lowest BCUT2D eigenvalue weighted by molar-refractivity contribution is 1.10. The van der Waals surface area contributed by atoms with Crippen molar-refractivity contribution < 1.29 is 0 Å². The van der Waals surface area contributed by atoms with Crippen molar-refractivity contribution in [3.8, 4) is 6.07 Å². The molecule has 0 heterocycles. The summed E-state index contributed by atoms with van der Waals surface area (Å²) in [5, 5.41) is 9.35. The average molecular weight is 206 g/mol. The molecule has 0 bridgehead atoms. The zero-order valence-corrected chi connectivity index (χ0v) is 9.48. The molecule has 74 valence electrons. The number of nitrogens with two attached hydrogens (primary N) is 1. The van der Waals surface area contributed by atoms with Crippen molar-refractivity contribution in [3.05, 3.63) is 23.3 Å². The van der Waals surface area contributed by atoms with Crippen LogP contribution in [-0.2, 0) is 0 Å². The number of nitrogen functional groups attached to an aromatic ring is 1. The maximum atomic E-state index is 8.83. The highest BCUT2D eigenvalue weighted by molar-refractivity contribution is 8.00. The summed E-state index contributed by atoms with van der Waals surface area (Å²) in [6.07, 6.45) is 0. The second-order valence-corrected chi connectivity index (χ2v) is 5.10. The number of nitriles is 1. The zero-order valence-electron chi connectivity index (χ0n) is 8.66. The monoisotopic (exact) mass is 206 g/mol. The summed E-state index contributed by atoms with van der Waals surface area (Å²) in [7, 11) is 0. The fraction of sp³-hybridized carbons (Fsp3) is 0.364. The molecular weight excluding hydrogens is 192 g/mol. The lowest BCUT2D eigenvalue weighted by atomic mass is 10.1. The summed E-state index contributed by atoms with van der Waals surface area (Å²) in [6.45, 7) is 6.28. The number of nitrogens with zero attached hydrogens (tertiary/aromatic N) is 1. The second-order valence-electron chi connectivity index (χ2n) is 3.48. The van der Waals surface area contributed by atoms with Gasteiger partial charge in [0.2, 0.25) is 0 Å². The van der Waals surface area contributed by atoms with Gasteiger partial charge in [0.25, 0.3) is 0 Å². The van der Waals surface area contributed by atoms with Crippen LogP contribution in [0.5, 0.6) is 0 Å². The molecule has 0 aliphatic carbocycles. The minimum Gasteiger partial charge on any atom is -0.398 e. The summed E-state index contributed by atoms with van der Waals surface area (Å²) in [5.41, 5.74) is 7.97. The van der Waals surface area contributed by atoms with Gasteiger partial charge in [0.1, 0.15) is 6.07 Å². The van der Waals surface area contributed by atoms with Crippen LogP contribution in [0.3, 0.4) is 0 Å². The van der Waals surface area contributed by atoms with Gasteiger partial charge in [0, 0.05) is 15.8 Å². The van der Waals surface area contributed by atoms with Gasteiger partial charge in [-0.1, -0.05) is 13.8 Å². The molecule has 0 atom stereocenters. The van der Waals surface area contributed by atoms with Crippen LogP contribution in [0.4, 0.5) is 5.69 Å². The minimum absolute atomic E-state index is 0.517. The van der Waals surface area contributed by atoms with Crippen LogP contribution in [0.1, 0.15) is 25.0 Å². The number of anilines is 1. The third kappa shape index (κ3) is 2.43.